The van der Waals surface area contributed by atoms with Gasteiger partial charge in [-0.3, -0.25) is 0 Å². The number of rotatable bonds is 12. The first-order valence-electron chi connectivity index (χ1n) is 15.6. The second-order valence-corrected chi connectivity index (χ2v) is 21.3. The molecule has 1 aliphatic heterocycles. The Kier molecular flexibility index (Phi) is 11.8. The highest BCUT2D eigenvalue weighted by Gasteiger charge is 2.46. The maximum absolute atomic E-state index is 7.31. The topological polar surface area (TPSA) is 46.2 Å². The normalized spacial score (nSPS) is 20.9. The summed E-state index contributed by atoms with van der Waals surface area (Å²) < 4.78 is 33.9. The van der Waals surface area contributed by atoms with Gasteiger partial charge in [-0.1, -0.05) is 142 Å². The molecule has 238 valence electrons. The van der Waals surface area contributed by atoms with Gasteiger partial charge in [0.15, 0.2) is 14.6 Å². The van der Waals surface area contributed by atoms with Crippen molar-refractivity contribution in [3.63, 3.8) is 0 Å². The Labute approximate surface area is 273 Å². The standard InChI is InChI=1S/C37H46O5P2Si/c1-37(2,3)45(5,6)39-28-34-36(42-44(31-23-15-9-16-24-31)32-25-17-10-18-26-32)33(27-35(38-4)40-34)41-43(29-19-11-7-12-20-29)30-21-13-8-14-22-30/h7-26,33-36H,27-28H2,1-6H3/t33-,34-,35+,36+/m1/s1. The molecule has 0 aromatic heterocycles. The molecule has 1 fully saturated rings. The first-order valence-corrected chi connectivity index (χ1v) is 21.1. The predicted octanol–water partition coefficient (Wildman–Crippen LogP) is 7.64. The zero-order valence-electron chi connectivity index (χ0n) is 27.2. The summed E-state index contributed by atoms with van der Waals surface area (Å²) in [5, 5.41) is 4.65. The van der Waals surface area contributed by atoms with Gasteiger partial charge < -0.3 is 22.9 Å². The average Bonchev–Trinajstić information content (AvgIpc) is 3.06. The highest BCUT2D eigenvalue weighted by molar-refractivity contribution is 7.69. The van der Waals surface area contributed by atoms with Crippen molar-refractivity contribution in [2.24, 2.45) is 0 Å². The molecule has 4 aromatic rings. The van der Waals surface area contributed by atoms with Crippen molar-refractivity contribution in [1.29, 1.82) is 0 Å². The molecule has 0 N–H and O–H groups in total. The molecule has 5 rings (SSSR count). The smallest absolute Gasteiger partial charge is 0.192 e. The average molecular weight is 661 g/mol. The van der Waals surface area contributed by atoms with Crippen molar-refractivity contribution in [2.45, 2.75) is 69.9 Å². The van der Waals surface area contributed by atoms with Crippen LogP contribution in [0, 0.1) is 0 Å². The van der Waals surface area contributed by atoms with Crippen LogP contribution >= 0.6 is 16.3 Å². The molecule has 1 heterocycles. The Morgan fingerprint density at radius 3 is 1.44 bits per heavy atom. The second-order valence-electron chi connectivity index (χ2n) is 12.8. The van der Waals surface area contributed by atoms with E-state index in [9.17, 15) is 0 Å². The molecule has 4 aromatic carbocycles. The third-order valence-electron chi connectivity index (χ3n) is 8.59. The van der Waals surface area contributed by atoms with Crippen molar-refractivity contribution in [2.75, 3.05) is 13.7 Å². The summed E-state index contributed by atoms with van der Waals surface area (Å²) in [5.41, 5.74) is 0. The van der Waals surface area contributed by atoms with Crippen LogP contribution in [-0.4, -0.2) is 46.6 Å². The van der Waals surface area contributed by atoms with Gasteiger partial charge in [0.25, 0.3) is 0 Å². The fourth-order valence-corrected chi connectivity index (χ4v) is 9.84. The Balaban J connectivity index is 1.55. The van der Waals surface area contributed by atoms with Gasteiger partial charge in [0.1, 0.15) is 12.2 Å². The fourth-order valence-electron chi connectivity index (χ4n) is 4.98. The molecular weight excluding hydrogens is 614 g/mol. The third-order valence-corrected chi connectivity index (χ3v) is 17.1. The fraction of sp³-hybridized carbons (Fsp3) is 0.351. The molecule has 4 atom stereocenters. The van der Waals surface area contributed by atoms with Crippen LogP contribution in [-0.2, 0) is 22.9 Å². The van der Waals surface area contributed by atoms with Crippen molar-refractivity contribution in [1.82, 2.24) is 0 Å². The van der Waals surface area contributed by atoms with Crippen molar-refractivity contribution >= 4 is 45.8 Å². The monoisotopic (exact) mass is 660 g/mol. The van der Waals surface area contributed by atoms with E-state index in [0.29, 0.717) is 13.0 Å². The number of hydrogen-bond acceptors (Lipinski definition) is 5. The van der Waals surface area contributed by atoms with Gasteiger partial charge in [-0.15, -0.1) is 0 Å². The molecule has 0 radical (unpaired) electrons. The van der Waals surface area contributed by atoms with E-state index >= 15 is 0 Å². The van der Waals surface area contributed by atoms with Crippen LogP contribution in [0.1, 0.15) is 27.2 Å². The summed E-state index contributed by atoms with van der Waals surface area (Å²) in [5.74, 6) is 0. The van der Waals surface area contributed by atoms with Gasteiger partial charge in [0.05, 0.1) is 29.0 Å². The molecular formula is C37H46O5P2Si. The molecule has 45 heavy (non-hydrogen) atoms. The Hall–Kier alpha value is -2.24. The van der Waals surface area contributed by atoms with Gasteiger partial charge in [0, 0.05) is 34.7 Å². The van der Waals surface area contributed by atoms with Crippen molar-refractivity contribution < 1.29 is 22.9 Å². The lowest BCUT2D eigenvalue weighted by molar-refractivity contribution is -0.236. The zero-order chi connectivity index (χ0) is 31.9. The molecule has 0 amide bonds. The first-order chi connectivity index (χ1) is 21.7. The van der Waals surface area contributed by atoms with Crippen LogP contribution in [0.25, 0.3) is 0 Å². The number of ether oxygens (including phenoxy) is 2. The molecule has 8 heteroatoms. The van der Waals surface area contributed by atoms with Gasteiger partial charge in [-0.25, -0.2) is 0 Å². The number of hydrogen-bond donors (Lipinski definition) is 0. The van der Waals surface area contributed by atoms with Crippen LogP contribution < -0.4 is 21.2 Å². The van der Waals surface area contributed by atoms with Crippen molar-refractivity contribution in [3.05, 3.63) is 121 Å². The summed E-state index contributed by atoms with van der Waals surface area (Å²) in [6.45, 7) is 11.7. The van der Waals surface area contributed by atoms with Gasteiger partial charge >= 0.3 is 0 Å². The third kappa shape index (κ3) is 8.77. The number of methoxy groups -OCH3 is 1. The lowest BCUT2D eigenvalue weighted by Crippen LogP contribution is -2.54. The molecule has 1 saturated heterocycles. The lowest BCUT2D eigenvalue weighted by Gasteiger charge is -2.45. The predicted molar refractivity (Wildman–Crippen MR) is 191 cm³/mol. The van der Waals surface area contributed by atoms with Crippen LogP contribution in [0.4, 0.5) is 0 Å². The van der Waals surface area contributed by atoms with E-state index in [4.69, 9.17) is 22.9 Å². The quantitative estimate of drug-likeness (QED) is 0.116. The molecule has 0 aliphatic carbocycles. The van der Waals surface area contributed by atoms with Gasteiger partial charge in [-0.05, 0) is 18.1 Å². The highest BCUT2D eigenvalue weighted by atomic mass is 31.1. The summed E-state index contributed by atoms with van der Waals surface area (Å²) in [7, 11) is -2.71. The zero-order valence-corrected chi connectivity index (χ0v) is 30.0. The van der Waals surface area contributed by atoms with E-state index in [0.717, 1.165) is 21.2 Å². The summed E-state index contributed by atoms with van der Waals surface area (Å²) in [6, 6.07) is 42.0. The molecule has 1 aliphatic rings. The molecule has 0 saturated carbocycles. The molecule has 0 unspecified atom stereocenters. The summed E-state index contributed by atoms with van der Waals surface area (Å²) >= 11 is 0. The minimum atomic E-state index is -2.09. The second kappa shape index (κ2) is 15.6. The minimum Gasteiger partial charge on any atom is -0.414 e. The Bertz CT molecular complexity index is 1360. The van der Waals surface area contributed by atoms with E-state index in [2.05, 4.69) is 131 Å². The van der Waals surface area contributed by atoms with Crippen LogP contribution in [0.5, 0.6) is 0 Å². The summed E-state index contributed by atoms with van der Waals surface area (Å²) in [4.78, 5) is 0. The van der Waals surface area contributed by atoms with E-state index in [1.807, 2.05) is 24.3 Å². The van der Waals surface area contributed by atoms with E-state index in [1.165, 1.54) is 0 Å². The van der Waals surface area contributed by atoms with E-state index in [-0.39, 0.29) is 17.2 Å². The SMILES string of the molecule is CO[C@@H]1C[C@@H](OP(c2ccccc2)c2ccccc2)[C@H](OP(c2ccccc2)c2ccccc2)[C@@H](CO[Si](C)(C)C(C)(C)C)O1. The highest BCUT2D eigenvalue weighted by Crippen LogP contribution is 2.46. The van der Waals surface area contributed by atoms with Gasteiger partial charge in [0.2, 0.25) is 0 Å². The van der Waals surface area contributed by atoms with Crippen LogP contribution in [0.2, 0.25) is 18.1 Å². The molecule has 5 nitrogen and oxygen atoms in total. The summed E-state index contributed by atoms with van der Waals surface area (Å²) in [6.07, 6.45) is -0.983. The van der Waals surface area contributed by atoms with E-state index in [1.54, 1.807) is 7.11 Å². The largest absolute Gasteiger partial charge is 0.414 e. The Morgan fingerprint density at radius 2 is 1.07 bits per heavy atom. The van der Waals surface area contributed by atoms with Crippen LogP contribution in [0.15, 0.2) is 121 Å². The van der Waals surface area contributed by atoms with Gasteiger partial charge in [-0.2, -0.15) is 0 Å². The number of benzene rings is 4. The van der Waals surface area contributed by atoms with Crippen LogP contribution in [0.3, 0.4) is 0 Å². The first kappa shape index (κ1) is 34.1. The van der Waals surface area contributed by atoms with E-state index < -0.39 is 37.0 Å². The minimum absolute atomic E-state index is 0.0597. The maximum atomic E-state index is 7.31. The Morgan fingerprint density at radius 1 is 0.667 bits per heavy atom. The molecule has 0 spiro atoms. The lowest BCUT2D eigenvalue weighted by atomic mass is 10.0. The van der Waals surface area contributed by atoms with Crippen molar-refractivity contribution in [3.8, 4) is 0 Å². The molecule has 0 bridgehead atoms. The maximum Gasteiger partial charge on any atom is 0.192 e.